The number of rotatable bonds is 0. The molecule has 0 bridgehead atoms. The predicted molar refractivity (Wildman–Crippen MR) is 34.9 cm³/mol. The smallest absolute Gasteiger partial charge is 0.0331 e. The maximum atomic E-state index is 8.88. The van der Waals surface area contributed by atoms with Crippen LogP contribution in [0.15, 0.2) is 4.99 Å². The van der Waals surface area contributed by atoms with Gasteiger partial charge in [0.25, 0.3) is 0 Å². The maximum absolute atomic E-state index is 8.88. The number of hydrogen-bond acceptors (Lipinski definition) is 1. The zero-order valence-corrected chi connectivity index (χ0v) is 9.02. The number of aliphatic hydroxyl groups is 1. The Morgan fingerprint density at radius 3 is 1.78 bits per heavy atom. The molecular formula is C6H12NOY-. The molecule has 0 heterocycles. The molecule has 0 atom stereocenters. The first kappa shape index (κ1) is 12.2. The first-order valence-corrected chi connectivity index (χ1v) is 2.51. The van der Waals surface area contributed by atoms with Gasteiger partial charge in [0.2, 0.25) is 0 Å². The fraction of sp³-hybridized carbons (Fsp3) is 0.667. The Morgan fingerprint density at radius 1 is 1.44 bits per heavy atom. The van der Waals surface area contributed by atoms with Crippen molar-refractivity contribution in [2.75, 3.05) is 0 Å². The number of aliphatic hydroxyl groups excluding tert-OH is 1. The molecule has 0 rings (SSSR count). The Hall–Kier alpha value is 0.444. The molecule has 51 valence electrons. The summed E-state index contributed by atoms with van der Waals surface area (Å²) in [7, 11) is 3.19. The largest absolute Gasteiger partial charge is 0.579 e. The number of nitrogens with zero attached hydrogens (tertiary/aromatic N) is 1. The third-order valence-corrected chi connectivity index (χ3v) is 0.821. The van der Waals surface area contributed by atoms with Crippen molar-refractivity contribution in [2.45, 2.75) is 20.8 Å². The second-order valence-electron chi connectivity index (χ2n) is 2.73. The monoisotopic (exact) mass is 203 g/mol. The fourth-order valence-electron chi connectivity index (χ4n) is 0.237. The van der Waals surface area contributed by atoms with Crippen molar-refractivity contribution >= 4 is 5.90 Å². The quantitative estimate of drug-likeness (QED) is 0.363. The molecule has 0 aliphatic heterocycles. The van der Waals surface area contributed by atoms with Gasteiger partial charge in [0.15, 0.2) is 0 Å². The molecule has 1 N–H and O–H groups in total. The van der Waals surface area contributed by atoms with Gasteiger partial charge in [-0.3, -0.25) is 0 Å². The first-order chi connectivity index (χ1) is 3.48. The molecule has 0 saturated carbocycles. The minimum absolute atomic E-state index is 0. The molecule has 0 spiro atoms. The molecule has 0 aliphatic carbocycles. The molecule has 0 unspecified atom stereocenters. The van der Waals surface area contributed by atoms with Gasteiger partial charge < -0.3 is 10.1 Å². The van der Waals surface area contributed by atoms with E-state index in [4.69, 9.17) is 5.11 Å². The normalized spacial score (nSPS) is 12.6. The van der Waals surface area contributed by atoms with Gasteiger partial charge in [-0.15, -0.1) is 0 Å². The third-order valence-electron chi connectivity index (χ3n) is 0.821. The summed E-state index contributed by atoms with van der Waals surface area (Å²) >= 11 is 0. The SMILES string of the molecule is [CH2-]N=C(O)C(C)(C)C.[Y]. The van der Waals surface area contributed by atoms with Crippen molar-refractivity contribution in [2.24, 2.45) is 10.4 Å². The summed E-state index contributed by atoms with van der Waals surface area (Å²) in [6.45, 7) is 5.62. The van der Waals surface area contributed by atoms with Gasteiger partial charge in [-0.1, -0.05) is 20.8 Å². The zero-order chi connectivity index (χ0) is 6.78. The van der Waals surface area contributed by atoms with Crippen LogP contribution in [0.4, 0.5) is 0 Å². The zero-order valence-electron chi connectivity index (χ0n) is 6.18. The molecule has 0 aromatic heterocycles. The Balaban J connectivity index is 0. The van der Waals surface area contributed by atoms with Crippen LogP contribution >= 0.6 is 0 Å². The van der Waals surface area contributed by atoms with Crippen molar-refractivity contribution in [3.8, 4) is 0 Å². The topological polar surface area (TPSA) is 32.6 Å². The molecule has 2 nitrogen and oxygen atoms in total. The van der Waals surface area contributed by atoms with E-state index in [1.54, 1.807) is 0 Å². The summed E-state index contributed by atoms with van der Waals surface area (Å²) in [5, 5.41) is 8.88. The molecule has 9 heavy (non-hydrogen) atoms. The van der Waals surface area contributed by atoms with E-state index < -0.39 is 0 Å². The van der Waals surface area contributed by atoms with E-state index in [-0.39, 0.29) is 44.0 Å². The van der Waals surface area contributed by atoms with Gasteiger partial charge in [0.1, 0.15) is 0 Å². The third kappa shape index (κ3) is 4.92. The molecule has 0 amide bonds. The van der Waals surface area contributed by atoms with Crippen LogP contribution in [-0.4, -0.2) is 11.0 Å². The van der Waals surface area contributed by atoms with Gasteiger partial charge in [-0.05, 0) is 5.41 Å². The second-order valence-corrected chi connectivity index (χ2v) is 2.73. The van der Waals surface area contributed by atoms with Gasteiger partial charge in [-0.2, -0.15) is 7.05 Å². The molecule has 0 aromatic carbocycles. The van der Waals surface area contributed by atoms with Gasteiger partial charge in [0, 0.05) is 38.6 Å². The van der Waals surface area contributed by atoms with Gasteiger partial charge in [0.05, 0.1) is 0 Å². The summed E-state index contributed by atoms with van der Waals surface area (Å²) in [5.41, 5.74) is -0.248. The molecule has 0 fully saturated rings. The minimum atomic E-state index is -0.248. The fourth-order valence-corrected chi connectivity index (χ4v) is 0.237. The van der Waals surface area contributed by atoms with Crippen LogP contribution in [0, 0.1) is 12.5 Å². The van der Waals surface area contributed by atoms with Crippen molar-refractivity contribution in [1.29, 1.82) is 0 Å². The summed E-state index contributed by atoms with van der Waals surface area (Å²) in [4.78, 5) is 3.38. The van der Waals surface area contributed by atoms with Crippen LogP contribution in [0.1, 0.15) is 20.8 Å². The Labute approximate surface area is 81.6 Å². The standard InChI is InChI=1S/C6H12NO.Y/c1-6(2,3)5(8)7-4;/h4H2,1-3H3,(H,7,8);/q-1;. The predicted octanol–water partition coefficient (Wildman–Crippen LogP) is 1.78. The Kier molecular flexibility index (Phi) is 5.79. The molecule has 0 aromatic rings. The second kappa shape index (κ2) is 4.29. The van der Waals surface area contributed by atoms with E-state index >= 15 is 0 Å². The van der Waals surface area contributed by atoms with Crippen molar-refractivity contribution in [1.82, 2.24) is 0 Å². The van der Waals surface area contributed by atoms with Crippen LogP contribution < -0.4 is 0 Å². The summed E-state index contributed by atoms with van der Waals surface area (Å²) < 4.78 is 0. The van der Waals surface area contributed by atoms with E-state index in [2.05, 4.69) is 12.0 Å². The summed E-state index contributed by atoms with van der Waals surface area (Å²) in [5.74, 6) is 0.0949. The first-order valence-electron chi connectivity index (χ1n) is 2.51. The maximum Gasteiger partial charge on any atom is 0.0331 e. The van der Waals surface area contributed by atoms with Gasteiger partial charge >= 0.3 is 0 Å². The van der Waals surface area contributed by atoms with Crippen LogP contribution in [0.5, 0.6) is 0 Å². The van der Waals surface area contributed by atoms with Crippen LogP contribution in [0.25, 0.3) is 0 Å². The van der Waals surface area contributed by atoms with E-state index in [1.165, 1.54) is 0 Å². The van der Waals surface area contributed by atoms with Crippen LogP contribution in [-0.2, 0) is 32.7 Å². The molecule has 1 radical (unpaired) electrons. The van der Waals surface area contributed by atoms with E-state index in [9.17, 15) is 0 Å². The van der Waals surface area contributed by atoms with E-state index in [1.807, 2.05) is 20.8 Å². The molecule has 0 aliphatic rings. The van der Waals surface area contributed by atoms with Gasteiger partial charge in [-0.25, -0.2) is 0 Å². The molecule has 0 saturated heterocycles. The number of aliphatic imine (C=N–C) groups is 1. The van der Waals surface area contributed by atoms with Crippen LogP contribution in [0.2, 0.25) is 0 Å². The van der Waals surface area contributed by atoms with E-state index in [0.717, 1.165) is 0 Å². The average molecular weight is 203 g/mol. The minimum Gasteiger partial charge on any atom is -0.579 e. The summed E-state index contributed by atoms with van der Waals surface area (Å²) in [6.07, 6.45) is 0. The number of hydrogen-bond donors (Lipinski definition) is 1. The van der Waals surface area contributed by atoms with Crippen molar-refractivity contribution in [3.05, 3.63) is 7.05 Å². The molecular weight excluding hydrogens is 191 g/mol. The Bertz CT molecular complexity index is 104. The van der Waals surface area contributed by atoms with E-state index in [0.29, 0.717) is 0 Å². The Morgan fingerprint density at radius 2 is 1.78 bits per heavy atom. The molecule has 3 heteroatoms. The van der Waals surface area contributed by atoms with Crippen molar-refractivity contribution < 1.29 is 37.8 Å². The summed E-state index contributed by atoms with van der Waals surface area (Å²) in [6, 6.07) is 0. The van der Waals surface area contributed by atoms with Crippen molar-refractivity contribution in [3.63, 3.8) is 0 Å². The van der Waals surface area contributed by atoms with Crippen LogP contribution in [0.3, 0.4) is 0 Å². The average Bonchev–Trinajstić information content (AvgIpc) is 1.62.